The first kappa shape index (κ1) is 14.2. The van der Waals surface area contributed by atoms with E-state index < -0.39 is 0 Å². The van der Waals surface area contributed by atoms with Gasteiger partial charge in [-0.25, -0.2) is 0 Å². The van der Waals surface area contributed by atoms with E-state index in [1.54, 1.807) is 11.8 Å². The summed E-state index contributed by atoms with van der Waals surface area (Å²) in [6, 6.07) is 1.23. The number of carbonyl (C=O) groups excluding carboxylic acids is 1. The smallest absolute Gasteiger partial charge is 0.232 e. The molecule has 0 aromatic heterocycles. The molecule has 0 saturated carbocycles. The molecule has 2 bridgehead atoms. The van der Waals surface area contributed by atoms with Crippen molar-refractivity contribution in [3.8, 4) is 0 Å². The third-order valence-corrected chi connectivity index (χ3v) is 4.92. The minimum atomic E-state index is 0.345. The van der Waals surface area contributed by atoms with E-state index in [2.05, 4.69) is 24.1 Å². The Hall–Kier alpha value is -0.220. The maximum atomic E-state index is 12.1. The van der Waals surface area contributed by atoms with Crippen LogP contribution in [0, 0.1) is 5.92 Å². The van der Waals surface area contributed by atoms with Crippen LogP contribution in [0.4, 0.5) is 0 Å². The number of carbonyl (C=O) groups is 1. The van der Waals surface area contributed by atoms with Gasteiger partial charge in [-0.05, 0) is 37.4 Å². The van der Waals surface area contributed by atoms with Crippen LogP contribution in [0.2, 0.25) is 0 Å². The van der Waals surface area contributed by atoms with Crippen molar-refractivity contribution in [2.75, 3.05) is 24.6 Å². The molecule has 2 saturated heterocycles. The third-order valence-electron chi connectivity index (χ3n) is 3.94. The van der Waals surface area contributed by atoms with Crippen molar-refractivity contribution in [1.29, 1.82) is 0 Å². The number of nitrogens with one attached hydrogen (secondary N) is 1. The maximum Gasteiger partial charge on any atom is 0.232 e. The van der Waals surface area contributed by atoms with Crippen LogP contribution < -0.4 is 5.32 Å². The lowest BCUT2D eigenvalue weighted by molar-refractivity contribution is -0.128. The van der Waals surface area contributed by atoms with Crippen LogP contribution in [0.15, 0.2) is 0 Å². The molecule has 2 heterocycles. The van der Waals surface area contributed by atoms with E-state index in [-0.39, 0.29) is 0 Å². The highest BCUT2D eigenvalue weighted by atomic mass is 32.2. The van der Waals surface area contributed by atoms with E-state index in [9.17, 15) is 4.79 Å². The molecule has 104 valence electrons. The van der Waals surface area contributed by atoms with Crippen LogP contribution in [0.3, 0.4) is 0 Å². The highest BCUT2D eigenvalue weighted by Gasteiger charge is 2.30. The fraction of sp³-hybridized carbons (Fsp3) is 0.929. The van der Waals surface area contributed by atoms with Gasteiger partial charge in [0.25, 0.3) is 0 Å². The molecule has 1 N–H and O–H groups in total. The van der Waals surface area contributed by atoms with E-state index in [4.69, 9.17) is 0 Å². The summed E-state index contributed by atoms with van der Waals surface area (Å²) in [5.41, 5.74) is 0. The van der Waals surface area contributed by atoms with Crippen LogP contribution in [-0.4, -0.2) is 47.5 Å². The average molecular weight is 270 g/mol. The molecule has 2 aliphatic rings. The van der Waals surface area contributed by atoms with Gasteiger partial charge < -0.3 is 10.2 Å². The Kier molecular flexibility index (Phi) is 5.37. The van der Waals surface area contributed by atoms with E-state index >= 15 is 0 Å². The molecule has 3 nitrogen and oxygen atoms in total. The highest BCUT2D eigenvalue weighted by molar-refractivity contribution is 7.99. The molecular formula is C14H26N2OS. The van der Waals surface area contributed by atoms with Crippen molar-refractivity contribution in [3.63, 3.8) is 0 Å². The number of fused-ring (bicyclic) bond motifs is 2. The van der Waals surface area contributed by atoms with Gasteiger partial charge in [0, 0.05) is 25.2 Å². The monoisotopic (exact) mass is 270 g/mol. The second kappa shape index (κ2) is 6.80. The summed E-state index contributed by atoms with van der Waals surface area (Å²) < 4.78 is 0. The standard InChI is InChI=1S/C14H26N2OS/c1-11(2)6-8-18-10-14(17)16-7-5-12-3-4-13(9-16)15-12/h11-13,15H,3-10H2,1-2H3. The Bertz CT molecular complexity index is 283. The molecule has 2 atom stereocenters. The van der Waals surface area contributed by atoms with Gasteiger partial charge in [-0.3, -0.25) is 4.79 Å². The lowest BCUT2D eigenvalue weighted by atomic mass is 10.1. The van der Waals surface area contributed by atoms with Crippen LogP contribution in [-0.2, 0) is 4.79 Å². The molecule has 2 unspecified atom stereocenters. The second-order valence-electron chi connectivity index (χ2n) is 6.00. The van der Waals surface area contributed by atoms with Crippen molar-refractivity contribution in [2.45, 2.75) is 51.6 Å². The molecule has 2 rings (SSSR count). The fourth-order valence-electron chi connectivity index (χ4n) is 2.74. The molecule has 1 amide bonds. The molecule has 0 aromatic carbocycles. The minimum Gasteiger partial charge on any atom is -0.340 e. The van der Waals surface area contributed by atoms with Gasteiger partial charge in [0.1, 0.15) is 0 Å². The van der Waals surface area contributed by atoms with Crippen LogP contribution in [0.1, 0.15) is 39.5 Å². The Morgan fingerprint density at radius 2 is 2.11 bits per heavy atom. The number of rotatable bonds is 5. The molecule has 2 aliphatic heterocycles. The first-order valence-electron chi connectivity index (χ1n) is 7.26. The zero-order valence-corrected chi connectivity index (χ0v) is 12.5. The number of likely N-dealkylation sites (tertiary alicyclic amines) is 1. The van der Waals surface area contributed by atoms with Crippen molar-refractivity contribution in [1.82, 2.24) is 10.2 Å². The highest BCUT2D eigenvalue weighted by Crippen LogP contribution is 2.21. The topological polar surface area (TPSA) is 32.3 Å². The fourth-order valence-corrected chi connectivity index (χ4v) is 3.88. The van der Waals surface area contributed by atoms with Gasteiger partial charge in [-0.15, -0.1) is 0 Å². The quantitative estimate of drug-likeness (QED) is 0.777. The molecule has 0 spiro atoms. The minimum absolute atomic E-state index is 0.345. The predicted octanol–water partition coefficient (Wildman–Crippen LogP) is 2.12. The zero-order chi connectivity index (χ0) is 13.0. The van der Waals surface area contributed by atoms with Crippen molar-refractivity contribution in [3.05, 3.63) is 0 Å². The van der Waals surface area contributed by atoms with E-state index in [1.165, 1.54) is 19.3 Å². The van der Waals surface area contributed by atoms with Crippen LogP contribution in [0.25, 0.3) is 0 Å². The lowest BCUT2D eigenvalue weighted by Gasteiger charge is -2.24. The van der Waals surface area contributed by atoms with Gasteiger partial charge in [0.15, 0.2) is 0 Å². The van der Waals surface area contributed by atoms with Crippen molar-refractivity contribution in [2.24, 2.45) is 5.92 Å². The van der Waals surface area contributed by atoms with E-state index in [0.29, 0.717) is 23.7 Å². The number of thioether (sulfide) groups is 1. The van der Waals surface area contributed by atoms with Gasteiger partial charge in [0.05, 0.1) is 5.75 Å². The Morgan fingerprint density at radius 1 is 1.33 bits per heavy atom. The number of hydrogen-bond donors (Lipinski definition) is 1. The molecule has 2 fully saturated rings. The van der Waals surface area contributed by atoms with Gasteiger partial charge in [-0.2, -0.15) is 11.8 Å². The number of nitrogens with zero attached hydrogens (tertiary/aromatic N) is 1. The number of amides is 1. The van der Waals surface area contributed by atoms with E-state index in [1.807, 2.05) is 0 Å². The Morgan fingerprint density at radius 3 is 2.89 bits per heavy atom. The third kappa shape index (κ3) is 4.16. The average Bonchev–Trinajstić information content (AvgIpc) is 2.64. The summed E-state index contributed by atoms with van der Waals surface area (Å²) in [4.78, 5) is 14.2. The van der Waals surface area contributed by atoms with Crippen molar-refractivity contribution < 1.29 is 4.79 Å². The predicted molar refractivity (Wildman–Crippen MR) is 77.9 cm³/mol. The van der Waals surface area contributed by atoms with Crippen LogP contribution in [0.5, 0.6) is 0 Å². The van der Waals surface area contributed by atoms with Gasteiger partial charge in [0.2, 0.25) is 5.91 Å². The SMILES string of the molecule is CC(C)CCSCC(=O)N1CCC2CCC(C1)N2. The molecular weight excluding hydrogens is 244 g/mol. The second-order valence-corrected chi connectivity index (χ2v) is 7.11. The van der Waals surface area contributed by atoms with E-state index in [0.717, 1.165) is 31.2 Å². The Balaban J connectivity index is 1.68. The normalized spacial score (nSPS) is 27.6. The summed E-state index contributed by atoms with van der Waals surface area (Å²) in [7, 11) is 0. The molecule has 0 aromatic rings. The molecule has 4 heteroatoms. The van der Waals surface area contributed by atoms with Gasteiger partial charge >= 0.3 is 0 Å². The Labute approximate surface area is 115 Å². The molecule has 0 aliphatic carbocycles. The summed E-state index contributed by atoms with van der Waals surface area (Å²) in [5.74, 6) is 2.87. The summed E-state index contributed by atoms with van der Waals surface area (Å²) >= 11 is 1.80. The zero-order valence-electron chi connectivity index (χ0n) is 11.7. The lowest BCUT2D eigenvalue weighted by Crippen LogP contribution is -2.39. The summed E-state index contributed by atoms with van der Waals surface area (Å²) in [6.45, 7) is 6.36. The maximum absolute atomic E-state index is 12.1. The first-order valence-corrected chi connectivity index (χ1v) is 8.42. The first-order chi connectivity index (χ1) is 8.65. The van der Waals surface area contributed by atoms with Crippen molar-refractivity contribution >= 4 is 17.7 Å². The molecule has 0 radical (unpaired) electrons. The van der Waals surface area contributed by atoms with Crippen LogP contribution >= 0.6 is 11.8 Å². The summed E-state index contributed by atoms with van der Waals surface area (Å²) in [6.07, 6.45) is 4.90. The van der Waals surface area contributed by atoms with Gasteiger partial charge in [-0.1, -0.05) is 13.8 Å². The molecule has 18 heavy (non-hydrogen) atoms. The summed E-state index contributed by atoms with van der Waals surface area (Å²) in [5, 5.41) is 3.62. The largest absolute Gasteiger partial charge is 0.340 e. The number of hydrogen-bond acceptors (Lipinski definition) is 3.